The van der Waals surface area contributed by atoms with Gasteiger partial charge in [-0.25, -0.2) is 8.42 Å². The molecule has 2 aromatic heterocycles. The van der Waals surface area contributed by atoms with Gasteiger partial charge >= 0.3 is 0 Å². The van der Waals surface area contributed by atoms with Crippen LogP contribution in [0.4, 0.5) is 0 Å². The van der Waals surface area contributed by atoms with Crippen LogP contribution in [0.15, 0.2) is 24.7 Å². The quantitative estimate of drug-likeness (QED) is 0.833. The van der Waals surface area contributed by atoms with E-state index in [0.29, 0.717) is 12.2 Å². The van der Waals surface area contributed by atoms with Gasteiger partial charge < -0.3 is 0 Å². The number of rotatable bonds is 5. The van der Waals surface area contributed by atoms with Crippen LogP contribution in [0.1, 0.15) is 37.9 Å². The molecule has 8 heteroatoms. The predicted molar refractivity (Wildman–Crippen MR) is 87.1 cm³/mol. The summed E-state index contributed by atoms with van der Waals surface area (Å²) >= 11 is 0. The second-order valence-corrected chi connectivity index (χ2v) is 7.73. The molecule has 0 bridgehead atoms. The van der Waals surface area contributed by atoms with Crippen molar-refractivity contribution in [2.45, 2.75) is 38.8 Å². The molecule has 1 saturated heterocycles. The zero-order valence-corrected chi connectivity index (χ0v) is 14.2. The summed E-state index contributed by atoms with van der Waals surface area (Å²) in [6, 6.07) is 1.71. The maximum atomic E-state index is 11.9. The van der Waals surface area contributed by atoms with Crippen molar-refractivity contribution < 1.29 is 8.42 Å². The van der Waals surface area contributed by atoms with Crippen LogP contribution in [0.25, 0.3) is 11.4 Å². The van der Waals surface area contributed by atoms with Crippen molar-refractivity contribution in [2.24, 2.45) is 0 Å². The van der Waals surface area contributed by atoms with Crippen molar-refractivity contribution in [1.82, 2.24) is 24.1 Å². The van der Waals surface area contributed by atoms with Crippen LogP contribution in [0.5, 0.6) is 0 Å². The lowest BCUT2D eigenvalue weighted by molar-refractivity contribution is 0.393. The Balaban J connectivity index is 1.86. The third-order valence-corrected chi connectivity index (χ3v) is 5.35. The Morgan fingerprint density at radius 3 is 2.78 bits per heavy atom. The summed E-state index contributed by atoms with van der Waals surface area (Å²) in [6.45, 7) is 3.48. The molecule has 0 aromatic carbocycles. The minimum Gasteiger partial charge on any atom is -0.263 e. The number of hydrogen-bond acceptors (Lipinski definition) is 5. The Bertz CT molecular complexity index is 769. The smallest absolute Gasteiger partial charge is 0.211 e. The molecule has 23 heavy (non-hydrogen) atoms. The van der Waals surface area contributed by atoms with Gasteiger partial charge in [0.2, 0.25) is 10.0 Å². The summed E-state index contributed by atoms with van der Waals surface area (Å²) in [5.74, 6) is 0. The third-order valence-electron chi connectivity index (χ3n) is 4.06. The third kappa shape index (κ3) is 3.28. The van der Waals surface area contributed by atoms with E-state index in [1.54, 1.807) is 18.6 Å². The van der Waals surface area contributed by atoms with Crippen molar-refractivity contribution in [1.29, 1.82) is 0 Å². The minimum atomic E-state index is -3.22. The van der Waals surface area contributed by atoms with Gasteiger partial charge in [-0.1, -0.05) is 6.92 Å². The first-order valence-corrected chi connectivity index (χ1v) is 9.66. The zero-order chi connectivity index (χ0) is 16.4. The molecule has 1 atom stereocenters. The highest BCUT2D eigenvalue weighted by Crippen LogP contribution is 2.32. The monoisotopic (exact) mass is 335 g/mol. The maximum absolute atomic E-state index is 11.9. The fraction of sp³-hybridized carbons (Fsp3) is 0.533. The van der Waals surface area contributed by atoms with Crippen LogP contribution in [0, 0.1) is 0 Å². The van der Waals surface area contributed by atoms with E-state index in [0.717, 1.165) is 37.2 Å². The molecule has 0 N–H and O–H groups in total. The van der Waals surface area contributed by atoms with E-state index in [1.165, 1.54) is 10.6 Å². The van der Waals surface area contributed by atoms with Gasteiger partial charge in [0.1, 0.15) is 5.69 Å². The maximum Gasteiger partial charge on any atom is 0.211 e. The highest BCUT2D eigenvalue weighted by atomic mass is 32.2. The van der Waals surface area contributed by atoms with E-state index in [4.69, 9.17) is 0 Å². The van der Waals surface area contributed by atoms with E-state index in [2.05, 4.69) is 22.0 Å². The molecule has 0 spiro atoms. The molecule has 7 nitrogen and oxygen atoms in total. The molecule has 1 aliphatic heterocycles. The van der Waals surface area contributed by atoms with Gasteiger partial charge in [-0.15, -0.1) is 0 Å². The van der Waals surface area contributed by atoms with Crippen molar-refractivity contribution in [2.75, 3.05) is 12.8 Å². The van der Waals surface area contributed by atoms with Gasteiger partial charge in [0, 0.05) is 19.3 Å². The molecule has 124 valence electrons. The van der Waals surface area contributed by atoms with E-state index >= 15 is 0 Å². The summed E-state index contributed by atoms with van der Waals surface area (Å²) in [4.78, 5) is 8.95. The molecule has 0 amide bonds. The SMILES string of the molecule is CCCn1nccc1-c1cnc([C@@H]2CCCN2S(C)(=O)=O)cn1. The number of hydrogen-bond donors (Lipinski definition) is 0. The number of nitrogens with zero attached hydrogens (tertiary/aromatic N) is 5. The van der Waals surface area contributed by atoms with Gasteiger partial charge in [-0.05, 0) is 25.3 Å². The van der Waals surface area contributed by atoms with Crippen molar-refractivity contribution >= 4 is 10.0 Å². The van der Waals surface area contributed by atoms with Crippen molar-refractivity contribution in [3.63, 3.8) is 0 Å². The summed E-state index contributed by atoms with van der Waals surface area (Å²) < 4.78 is 27.1. The molecule has 2 aromatic rings. The van der Waals surface area contributed by atoms with E-state index in [1.807, 2.05) is 10.7 Å². The van der Waals surface area contributed by atoms with Gasteiger partial charge in [-0.3, -0.25) is 14.6 Å². The Kier molecular flexibility index (Phi) is 4.45. The van der Waals surface area contributed by atoms with E-state index in [9.17, 15) is 8.42 Å². The number of sulfonamides is 1. The average Bonchev–Trinajstić information content (AvgIpc) is 3.16. The standard InChI is InChI=1S/C15H21N5O2S/c1-3-8-19-14(6-7-18-19)12-10-17-13(11-16-12)15-5-4-9-20(15)23(2,21)22/h6-7,10-11,15H,3-5,8-9H2,1-2H3/t15-/m0/s1. The lowest BCUT2D eigenvalue weighted by atomic mass is 10.1. The van der Waals surface area contributed by atoms with Crippen LogP contribution in [0.2, 0.25) is 0 Å². The second kappa shape index (κ2) is 6.37. The Morgan fingerprint density at radius 1 is 1.30 bits per heavy atom. The summed E-state index contributed by atoms with van der Waals surface area (Å²) in [7, 11) is -3.22. The molecule has 0 aliphatic carbocycles. The van der Waals surface area contributed by atoms with Crippen LogP contribution in [-0.4, -0.2) is 45.3 Å². The number of aryl methyl sites for hydroxylation is 1. The van der Waals surface area contributed by atoms with Crippen LogP contribution >= 0.6 is 0 Å². The molecular weight excluding hydrogens is 314 g/mol. The summed E-state index contributed by atoms with van der Waals surface area (Å²) in [5.41, 5.74) is 2.39. The number of aromatic nitrogens is 4. The predicted octanol–water partition coefficient (Wildman–Crippen LogP) is 1.85. The summed E-state index contributed by atoms with van der Waals surface area (Å²) in [6.07, 6.45) is 9.02. The highest BCUT2D eigenvalue weighted by Gasteiger charge is 2.33. The topological polar surface area (TPSA) is 81.0 Å². The molecule has 1 aliphatic rings. The van der Waals surface area contributed by atoms with Gasteiger partial charge in [0.15, 0.2) is 0 Å². The molecular formula is C15H21N5O2S. The Morgan fingerprint density at radius 2 is 2.13 bits per heavy atom. The van der Waals surface area contributed by atoms with Crippen molar-refractivity contribution in [3.8, 4) is 11.4 Å². The van der Waals surface area contributed by atoms with Gasteiger partial charge in [0.05, 0.1) is 36.1 Å². The average molecular weight is 335 g/mol. The first-order valence-electron chi connectivity index (χ1n) is 7.81. The first kappa shape index (κ1) is 16.1. The second-order valence-electron chi connectivity index (χ2n) is 5.80. The Hall–Kier alpha value is -1.80. The van der Waals surface area contributed by atoms with Gasteiger partial charge in [-0.2, -0.15) is 9.40 Å². The molecule has 0 radical (unpaired) electrons. The van der Waals surface area contributed by atoms with Crippen LogP contribution in [-0.2, 0) is 16.6 Å². The zero-order valence-electron chi connectivity index (χ0n) is 13.4. The minimum absolute atomic E-state index is 0.202. The molecule has 0 unspecified atom stereocenters. The fourth-order valence-corrected chi connectivity index (χ4v) is 4.15. The van der Waals surface area contributed by atoms with E-state index < -0.39 is 10.0 Å². The lowest BCUT2D eigenvalue weighted by Gasteiger charge is -2.21. The van der Waals surface area contributed by atoms with Crippen LogP contribution < -0.4 is 0 Å². The van der Waals surface area contributed by atoms with Gasteiger partial charge in [0.25, 0.3) is 0 Å². The first-order chi connectivity index (χ1) is 11.0. The largest absolute Gasteiger partial charge is 0.263 e. The highest BCUT2D eigenvalue weighted by molar-refractivity contribution is 7.88. The summed E-state index contributed by atoms with van der Waals surface area (Å²) in [5, 5.41) is 4.29. The normalized spacial score (nSPS) is 19.3. The molecule has 3 rings (SSSR count). The molecule has 0 saturated carbocycles. The molecule has 3 heterocycles. The lowest BCUT2D eigenvalue weighted by Crippen LogP contribution is -2.30. The van der Waals surface area contributed by atoms with E-state index in [-0.39, 0.29) is 6.04 Å². The van der Waals surface area contributed by atoms with Crippen molar-refractivity contribution in [3.05, 3.63) is 30.4 Å². The van der Waals surface area contributed by atoms with Crippen LogP contribution in [0.3, 0.4) is 0 Å². The fourth-order valence-electron chi connectivity index (χ4n) is 3.02. The molecule has 1 fully saturated rings. The Labute approximate surface area is 136 Å².